The lowest BCUT2D eigenvalue weighted by Gasteiger charge is -2.04. The van der Waals surface area contributed by atoms with Gasteiger partial charge in [0.2, 0.25) is 0 Å². The van der Waals surface area contributed by atoms with Gasteiger partial charge in [0.1, 0.15) is 5.56 Å². The molecule has 0 amide bonds. The molecule has 0 radical (unpaired) electrons. The lowest BCUT2D eigenvalue weighted by Crippen LogP contribution is -2.07. The number of ether oxygens (including phenoxy) is 1. The maximum Gasteiger partial charge on any atom is 0.344 e. The number of anilines is 1. The van der Waals surface area contributed by atoms with Crippen molar-refractivity contribution in [1.29, 1.82) is 0 Å². The number of nitrogens with two attached hydrogens (primary N) is 1. The van der Waals surface area contributed by atoms with E-state index in [-0.39, 0.29) is 16.9 Å². The summed E-state index contributed by atoms with van der Waals surface area (Å²) in [4.78, 5) is 21.2. The Morgan fingerprint density at radius 2 is 1.94 bits per heavy atom. The zero-order valence-electron chi connectivity index (χ0n) is 10.3. The standard InChI is InChI=1S/C9H10N2O4.C2H6/c1-5-3-6(9(12)15-2)8(11(13)14)4-7(5)10;1-2/h3-4H,10H2,1-2H3;1-2H3. The number of nitro groups is 1. The van der Waals surface area contributed by atoms with Crippen LogP contribution in [0, 0.1) is 17.0 Å². The molecule has 0 fully saturated rings. The van der Waals surface area contributed by atoms with Gasteiger partial charge in [-0.25, -0.2) is 4.79 Å². The van der Waals surface area contributed by atoms with Crippen LogP contribution in [0.5, 0.6) is 0 Å². The summed E-state index contributed by atoms with van der Waals surface area (Å²) >= 11 is 0. The zero-order valence-corrected chi connectivity index (χ0v) is 10.3. The van der Waals surface area contributed by atoms with Crippen LogP contribution in [0.15, 0.2) is 12.1 Å². The third-order valence-corrected chi connectivity index (χ3v) is 1.99. The van der Waals surface area contributed by atoms with Gasteiger partial charge in [-0.15, -0.1) is 0 Å². The lowest BCUT2D eigenvalue weighted by atomic mass is 10.1. The molecule has 0 atom stereocenters. The van der Waals surface area contributed by atoms with Crippen LogP contribution in [0.2, 0.25) is 0 Å². The highest BCUT2D eigenvalue weighted by Gasteiger charge is 2.22. The van der Waals surface area contributed by atoms with E-state index in [4.69, 9.17) is 5.73 Å². The summed E-state index contributed by atoms with van der Waals surface area (Å²) in [7, 11) is 1.16. The third-order valence-electron chi connectivity index (χ3n) is 1.99. The Morgan fingerprint density at radius 3 is 2.35 bits per heavy atom. The average molecular weight is 240 g/mol. The van der Waals surface area contributed by atoms with Crippen molar-refractivity contribution < 1.29 is 14.5 Å². The van der Waals surface area contributed by atoms with Crippen molar-refractivity contribution in [2.75, 3.05) is 12.8 Å². The van der Waals surface area contributed by atoms with Gasteiger partial charge in [-0.2, -0.15) is 0 Å². The third kappa shape index (κ3) is 3.44. The van der Waals surface area contributed by atoms with Crippen LogP contribution in [0.1, 0.15) is 29.8 Å². The largest absolute Gasteiger partial charge is 0.465 e. The van der Waals surface area contributed by atoms with Crippen LogP contribution in [0.4, 0.5) is 11.4 Å². The monoisotopic (exact) mass is 240 g/mol. The lowest BCUT2D eigenvalue weighted by molar-refractivity contribution is -0.385. The van der Waals surface area contributed by atoms with E-state index < -0.39 is 10.9 Å². The summed E-state index contributed by atoms with van der Waals surface area (Å²) in [6.45, 7) is 5.66. The van der Waals surface area contributed by atoms with Crippen molar-refractivity contribution in [2.45, 2.75) is 20.8 Å². The minimum atomic E-state index is -0.746. The summed E-state index contributed by atoms with van der Waals surface area (Å²) in [5.41, 5.74) is 5.95. The number of hydrogen-bond donors (Lipinski definition) is 1. The minimum Gasteiger partial charge on any atom is -0.465 e. The Morgan fingerprint density at radius 1 is 1.41 bits per heavy atom. The van der Waals surface area contributed by atoms with E-state index in [0.29, 0.717) is 5.56 Å². The number of nitrogen functional groups attached to an aromatic ring is 1. The number of benzene rings is 1. The van der Waals surface area contributed by atoms with Gasteiger partial charge in [-0.05, 0) is 18.6 Å². The second kappa shape index (κ2) is 6.47. The van der Waals surface area contributed by atoms with Crippen LogP contribution in [-0.2, 0) is 4.74 Å². The van der Waals surface area contributed by atoms with Crippen LogP contribution < -0.4 is 5.73 Å². The molecular weight excluding hydrogens is 224 g/mol. The number of carbonyl (C=O) groups is 1. The molecule has 17 heavy (non-hydrogen) atoms. The highest BCUT2D eigenvalue weighted by molar-refractivity contribution is 5.95. The van der Waals surface area contributed by atoms with E-state index in [2.05, 4.69) is 4.74 Å². The second-order valence-electron chi connectivity index (χ2n) is 2.97. The predicted octanol–water partition coefficient (Wildman–Crippen LogP) is 2.30. The van der Waals surface area contributed by atoms with E-state index in [1.807, 2.05) is 13.8 Å². The summed E-state index contributed by atoms with van der Waals surface area (Å²) in [6, 6.07) is 2.50. The van der Waals surface area contributed by atoms with Crippen molar-refractivity contribution in [3.05, 3.63) is 33.4 Å². The molecule has 1 aromatic carbocycles. The van der Waals surface area contributed by atoms with Crippen LogP contribution in [0.3, 0.4) is 0 Å². The molecule has 2 N–H and O–H groups in total. The van der Waals surface area contributed by atoms with Crippen LogP contribution in [0.25, 0.3) is 0 Å². The molecule has 0 unspecified atom stereocenters. The van der Waals surface area contributed by atoms with Gasteiger partial charge < -0.3 is 10.5 Å². The highest BCUT2D eigenvalue weighted by atomic mass is 16.6. The molecule has 0 heterocycles. The van der Waals surface area contributed by atoms with Gasteiger partial charge in [0.15, 0.2) is 0 Å². The van der Waals surface area contributed by atoms with E-state index >= 15 is 0 Å². The highest BCUT2D eigenvalue weighted by Crippen LogP contribution is 2.25. The number of rotatable bonds is 2. The second-order valence-corrected chi connectivity index (χ2v) is 2.97. The van der Waals surface area contributed by atoms with Gasteiger partial charge in [0.25, 0.3) is 5.69 Å². The molecule has 6 nitrogen and oxygen atoms in total. The van der Waals surface area contributed by atoms with Gasteiger partial charge in [-0.3, -0.25) is 10.1 Å². The number of carbonyl (C=O) groups excluding carboxylic acids is 1. The van der Waals surface area contributed by atoms with Crippen molar-refractivity contribution in [3.63, 3.8) is 0 Å². The summed E-state index contributed by atoms with van der Waals surface area (Å²) < 4.78 is 4.44. The molecule has 0 aliphatic heterocycles. The molecule has 94 valence electrons. The Hall–Kier alpha value is -2.11. The van der Waals surface area contributed by atoms with E-state index in [1.54, 1.807) is 6.92 Å². The Balaban J connectivity index is 0.00000121. The van der Waals surface area contributed by atoms with E-state index in [1.165, 1.54) is 6.07 Å². The molecule has 0 aromatic heterocycles. The minimum absolute atomic E-state index is 0.0887. The first-order valence-electron chi connectivity index (χ1n) is 5.10. The zero-order chi connectivity index (χ0) is 13.6. The number of methoxy groups -OCH3 is 1. The molecule has 6 heteroatoms. The van der Waals surface area contributed by atoms with Crippen molar-refractivity contribution in [1.82, 2.24) is 0 Å². The number of nitro benzene ring substituents is 1. The number of esters is 1. The Labute approximate surface area is 99.5 Å². The van der Waals surface area contributed by atoms with Crippen LogP contribution in [-0.4, -0.2) is 18.0 Å². The molecule has 0 bridgehead atoms. The Bertz CT molecular complexity index is 430. The van der Waals surface area contributed by atoms with Crippen molar-refractivity contribution in [2.24, 2.45) is 0 Å². The smallest absolute Gasteiger partial charge is 0.344 e. The Kier molecular flexibility index (Phi) is 5.66. The molecule has 0 aliphatic carbocycles. The summed E-state index contributed by atoms with van der Waals surface area (Å²) in [5, 5.41) is 10.6. The van der Waals surface area contributed by atoms with Crippen molar-refractivity contribution in [3.8, 4) is 0 Å². The topological polar surface area (TPSA) is 95.5 Å². The quantitative estimate of drug-likeness (QED) is 0.370. The summed E-state index contributed by atoms with van der Waals surface area (Å²) in [6.07, 6.45) is 0. The SMILES string of the molecule is CC.COC(=O)c1cc(C)c(N)cc1[N+](=O)[O-]. The number of hydrogen-bond acceptors (Lipinski definition) is 5. The maximum absolute atomic E-state index is 11.2. The molecule has 1 rings (SSSR count). The molecule has 1 aromatic rings. The molecule has 0 spiro atoms. The van der Waals surface area contributed by atoms with Gasteiger partial charge in [0.05, 0.1) is 12.0 Å². The summed E-state index contributed by atoms with van der Waals surface area (Å²) in [5.74, 6) is -0.746. The van der Waals surface area contributed by atoms with E-state index in [9.17, 15) is 14.9 Å². The van der Waals surface area contributed by atoms with Gasteiger partial charge in [-0.1, -0.05) is 13.8 Å². The fourth-order valence-corrected chi connectivity index (χ4v) is 1.14. The first-order chi connectivity index (χ1) is 7.97. The first-order valence-corrected chi connectivity index (χ1v) is 5.10. The molecular formula is C11H16N2O4. The number of nitrogens with zero attached hydrogens (tertiary/aromatic N) is 1. The molecule has 0 saturated carbocycles. The van der Waals surface area contributed by atoms with Gasteiger partial charge in [0, 0.05) is 11.8 Å². The molecule has 0 saturated heterocycles. The van der Waals surface area contributed by atoms with Crippen molar-refractivity contribution >= 4 is 17.3 Å². The fourth-order valence-electron chi connectivity index (χ4n) is 1.14. The average Bonchev–Trinajstić information content (AvgIpc) is 2.33. The van der Waals surface area contributed by atoms with Crippen LogP contribution >= 0.6 is 0 Å². The normalized spacial score (nSPS) is 8.94. The molecule has 0 aliphatic rings. The first kappa shape index (κ1) is 14.9. The maximum atomic E-state index is 11.2. The number of aryl methyl sites for hydroxylation is 1. The van der Waals surface area contributed by atoms with E-state index in [0.717, 1.165) is 13.2 Å². The van der Waals surface area contributed by atoms with Gasteiger partial charge >= 0.3 is 5.97 Å². The fraction of sp³-hybridized carbons (Fsp3) is 0.364. The predicted molar refractivity (Wildman–Crippen MR) is 64.9 cm³/mol.